The van der Waals surface area contributed by atoms with Gasteiger partial charge in [-0.2, -0.15) is 0 Å². The zero-order chi connectivity index (χ0) is 23.8. The number of carbonyl (C=O) groups excluding carboxylic acids is 2. The fourth-order valence-electron chi connectivity index (χ4n) is 4.07. The summed E-state index contributed by atoms with van der Waals surface area (Å²) in [5.74, 6) is 1.10. The molecule has 0 aromatic heterocycles. The third-order valence-electron chi connectivity index (χ3n) is 5.90. The molecule has 33 heavy (non-hydrogen) atoms. The lowest BCUT2D eigenvalue weighted by Gasteiger charge is -2.38. The van der Waals surface area contributed by atoms with Crippen LogP contribution < -0.4 is 20.3 Å². The molecule has 3 amide bonds. The fourth-order valence-corrected chi connectivity index (χ4v) is 4.07. The Morgan fingerprint density at radius 2 is 1.67 bits per heavy atom. The van der Waals surface area contributed by atoms with E-state index in [-0.39, 0.29) is 17.9 Å². The summed E-state index contributed by atoms with van der Waals surface area (Å²) in [6, 6.07) is 15.1. The number of nitrogens with zero attached hydrogens (tertiary/aromatic N) is 2. The summed E-state index contributed by atoms with van der Waals surface area (Å²) in [7, 11) is 1.67. The van der Waals surface area contributed by atoms with Crippen LogP contribution in [0.15, 0.2) is 48.5 Å². The zero-order valence-corrected chi connectivity index (χ0v) is 20.1. The number of hydrogen-bond donors (Lipinski definition) is 2. The molecule has 0 saturated carbocycles. The topological polar surface area (TPSA) is 73.9 Å². The highest BCUT2D eigenvalue weighted by molar-refractivity contribution is 5.87. The minimum atomic E-state index is -0.541. The molecule has 1 unspecified atom stereocenters. The lowest BCUT2D eigenvalue weighted by atomic mass is 10.0. The predicted molar refractivity (Wildman–Crippen MR) is 132 cm³/mol. The Balaban J connectivity index is 1.56. The van der Waals surface area contributed by atoms with Crippen LogP contribution in [-0.4, -0.2) is 56.2 Å². The van der Waals surface area contributed by atoms with E-state index in [0.717, 1.165) is 30.1 Å². The molecule has 1 atom stereocenters. The highest BCUT2D eigenvalue weighted by atomic mass is 16.5. The number of aryl methyl sites for hydroxylation is 1. The molecule has 0 aliphatic carbocycles. The standard InChI is InChI=1S/C26H36N4O3/c1-19(2)17-22(28-26(32)27-18-21-11-9-20(3)10-12-21)25(31)30-15-13-29(14-16-30)23-7-5-6-8-24(23)33-4/h5-12,19,22H,13-18H2,1-4H3,(H2,27,28,32). The molecular formula is C26H36N4O3. The number of amides is 3. The summed E-state index contributed by atoms with van der Waals surface area (Å²) >= 11 is 0. The van der Waals surface area contributed by atoms with Gasteiger partial charge in [-0.25, -0.2) is 4.79 Å². The summed E-state index contributed by atoms with van der Waals surface area (Å²) in [6.07, 6.45) is 0.601. The maximum absolute atomic E-state index is 13.3. The number of rotatable bonds is 8. The molecule has 1 saturated heterocycles. The van der Waals surface area contributed by atoms with Gasteiger partial charge in [-0.3, -0.25) is 4.79 Å². The van der Waals surface area contributed by atoms with Crippen LogP contribution in [0.4, 0.5) is 10.5 Å². The van der Waals surface area contributed by atoms with Gasteiger partial charge in [-0.05, 0) is 37.0 Å². The Hall–Kier alpha value is -3.22. The molecule has 2 aromatic carbocycles. The van der Waals surface area contributed by atoms with Gasteiger partial charge in [0.05, 0.1) is 12.8 Å². The van der Waals surface area contributed by atoms with Crippen molar-refractivity contribution in [2.45, 2.75) is 39.8 Å². The van der Waals surface area contributed by atoms with Crippen molar-refractivity contribution >= 4 is 17.6 Å². The van der Waals surface area contributed by atoms with Gasteiger partial charge in [0.25, 0.3) is 0 Å². The number of ether oxygens (including phenoxy) is 1. The van der Waals surface area contributed by atoms with Gasteiger partial charge < -0.3 is 25.2 Å². The van der Waals surface area contributed by atoms with Crippen molar-refractivity contribution in [3.63, 3.8) is 0 Å². The summed E-state index contributed by atoms with van der Waals surface area (Å²) in [5, 5.41) is 5.79. The van der Waals surface area contributed by atoms with E-state index in [2.05, 4.69) is 29.4 Å². The fraction of sp³-hybridized carbons (Fsp3) is 0.462. The Morgan fingerprint density at radius 1 is 1.00 bits per heavy atom. The Morgan fingerprint density at radius 3 is 2.30 bits per heavy atom. The molecule has 7 heteroatoms. The van der Waals surface area contributed by atoms with Crippen molar-refractivity contribution in [1.82, 2.24) is 15.5 Å². The third kappa shape index (κ3) is 6.88. The van der Waals surface area contributed by atoms with Crippen molar-refractivity contribution in [2.24, 2.45) is 5.92 Å². The minimum absolute atomic E-state index is 0.0196. The molecule has 2 aromatic rings. The van der Waals surface area contributed by atoms with Crippen molar-refractivity contribution in [1.29, 1.82) is 0 Å². The Bertz CT molecular complexity index is 921. The second-order valence-corrected chi connectivity index (χ2v) is 8.98. The van der Waals surface area contributed by atoms with Gasteiger partial charge in [0.1, 0.15) is 11.8 Å². The molecule has 1 aliphatic rings. The summed E-state index contributed by atoms with van der Waals surface area (Å²) in [4.78, 5) is 29.9. The first kappa shape index (κ1) is 24.4. The van der Waals surface area contributed by atoms with Crippen molar-refractivity contribution in [3.8, 4) is 5.75 Å². The monoisotopic (exact) mass is 452 g/mol. The summed E-state index contributed by atoms with van der Waals surface area (Å²) in [6.45, 7) is 9.24. The van der Waals surface area contributed by atoms with Crippen molar-refractivity contribution < 1.29 is 14.3 Å². The first-order valence-corrected chi connectivity index (χ1v) is 11.6. The van der Waals surface area contributed by atoms with Gasteiger partial charge in [0.15, 0.2) is 0 Å². The number of benzene rings is 2. The molecule has 178 valence electrons. The van der Waals surface area contributed by atoms with Gasteiger partial charge in [0.2, 0.25) is 5.91 Å². The number of anilines is 1. The predicted octanol–water partition coefficient (Wildman–Crippen LogP) is 3.57. The quantitative estimate of drug-likeness (QED) is 0.642. The summed E-state index contributed by atoms with van der Waals surface area (Å²) in [5.41, 5.74) is 3.24. The molecule has 0 spiro atoms. The number of hydrogen-bond acceptors (Lipinski definition) is 4. The van der Waals surface area contributed by atoms with Crippen LogP contribution in [0, 0.1) is 12.8 Å². The third-order valence-corrected chi connectivity index (χ3v) is 5.90. The maximum atomic E-state index is 13.3. The molecule has 0 radical (unpaired) electrons. The van der Waals surface area contributed by atoms with Crippen LogP contribution in [0.2, 0.25) is 0 Å². The Kier molecular flexibility index (Phi) is 8.58. The van der Waals surface area contributed by atoms with Crippen LogP contribution in [0.5, 0.6) is 5.75 Å². The van der Waals surface area contributed by atoms with Crippen LogP contribution in [0.25, 0.3) is 0 Å². The lowest BCUT2D eigenvalue weighted by molar-refractivity contribution is -0.133. The highest BCUT2D eigenvalue weighted by Crippen LogP contribution is 2.28. The van der Waals surface area contributed by atoms with E-state index in [4.69, 9.17) is 4.74 Å². The zero-order valence-electron chi connectivity index (χ0n) is 20.1. The highest BCUT2D eigenvalue weighted by Gasteiger charge is 2.29. The molecule has 3 rings (SSSR count). The molecular weight excluding hydrogens is 416 g/mol. The van der Waals surface area contributed by atoms with Crippen LogP contribution >= 0.6 is 0 Å². The van der Waals surface area contributed by atoms with Crippen LogP contribution in [0.3, 0.4) is 0 Å². The van der Waals surface area contributed by atoms with Gasteiger partial charge in [-0.1, -0.05) is 55.8 Å². The van der Waals surface area contributed by atoms with E-state index < -0.39 is 6.04 Å². The average Bonchev–Trinajstić information content (AvgIpc) is 2.82. The number of piperazine rings is 1. The van der Waals surface area contributed by atoms with Gasteiger partial charge in [0, 0.05) is 32.7 Å². The molecule has 2 N–H and O–H groups in total. The molecule has 7 nitrogen and oxygen atoms in total. The second-order valence-electron chi connectivity index (χ2n) is 8.98. The number of para-hydroxylation sites is 2. The van der Waals surface area contributed by atoms with Crippen LogP contribution in [0.1, 0.15) is 31.4 Å². The van der Waals surface area contributed by atoms with Gasteiger partial charge >= 0.3 is 6.03 Å². The molecule has 1 aliphatic heterocycles. The minimum Gasteiger partial charge on any atom is -0.495 e. The average molecular weight is 453 g/mol. The molecule has 0 bridgehead atoms. The lowest BCUT2D eigenvalue weighted by Crippen LogP contribution is -2.56. The van der Waals surface area contributed by atoms with Crippen molar-refractivity contribution in [3.05, 3.63) is 59.7 Å². The molecule has 1 heterocycles. The van der Waals surface area contributed by atoms with E-state index in [1.807, 2.05) is 60.4 Å². The van der Waals surface area contributed by atoms with Crippen molar-refractivity contribution in [2.75, 3.05) is 38.2 Å². The van der Waals surface area contributed by atoms with Gasteiger partial charge in [-0.15, -0.1) is 0 Å². The van der Waals surface area contributed by atoms with E-state index in [0.29, 0.717) is 26.1 Å². The smallest absolute Gasteiger partial charge is 0.315 e. The SMILES string of the molecule is COc1ccccc1N1CCN(C(=O)C(CC(C)C)NC(=O)NCc2ccc(C)cc2)CC1. The van der Waals surface area contributed by atoms with E-state index in [1.165, 1.54) is 5.56 Å². The molecule has 1 fully saturated rings. The number of nitrogens with one attached hydrogen (secondary N) is 2. The number of methoxy groups -OCH3 is 1. The van der Waals surface area contributed by atoms with E-state index in [1.54, 1.807) is 7.11 Å². The number of urea groups is 1. The first-order valence-electron chi connectivity index (χ1n) is 11.6. The Labute approximate surface area is 197 Å². The first-order chi connectivity index (χ1) is 15.9. The number of carbonyl (C=O) groups is 2. The van der Waals surface area contributed by atoms with E-state index in [9.17, 15) is 9.59 Å². The van der Waals surface area contributed by atoms with E-state index >= 15 is 0 Å². The second kappa shape index (κ2) is 11.6. The normalized spacial score (nSPS) is 14.7. The summed E-state index contributed by atoms with van der Waals surface area (Å²) < 4.78 is 5.48. The maximum Gasteiger partial charge on any atom is 0.315 e. The van der Waals surface area contributed by atoms with Crippen LogP contribution in [-0.2, 0) is 11.3 Å². The largest absolute Gasteiger partial charge is 0.495 e.